The average molecular weight is 307 g/mol. The fourth-order valence-corrected chi connectivity index (χ4v) is 1.83. The second-order valence-electron chi connectivity index (χ2n) is 4.70. The molecule has 0 aliphatic rings. The number of carboxylic acids is 1. The van der Waals surface area contributed by atoms with Gasteiger partial charge in [-0.1, -0.05) is 6.07 Å². The molecule has 0 aromatic heterocycles. The number of rotatable bonds is 8. The van der Waals surface area contributed by atoms with Crippen LogP contribution in [0.5, 0.6) is 11.5 Å². The normalized spacial score (nSPS) is 10.5. The summed E-state index contributed by atoms with van der Waals surface area (Å²) < 4.78 is 10.3. The van der Waals surface area contributed by atoms with Gasteiger partial charge in [0.1, 0.15) is 0 Å². The Bertz CT molecular complexity index is 553. The van der Waals surface area contributed by atoms with Crippen LogP contribution in [0.2, 0.25) is 0 Å². The Hall–Kier alpha value is -2.50. The highest BCUT2D eigenvalue weighted by atomic mass is 16.5. The Morgan fingerprint density at radius 3 is 2.50 bits per heavy atom. The lowest BCUT2D eigenvalue weighted by atomic mass is 10.2. The van der Waals surface area contributed by atoms with E-state index in [2.05, 4.69) is 0 Å². The van der Waals surface area contributed by atoms with Crippen LogP contribution in [0.4, 0.5) is 0 Å². The molecule has 0 radical (unpaired) electrons. The van der Waals surface area contributed by atoms with Crippen LogP contribution >= 0.6 is 0 Å². The molecule has 0 saturated carbocycles. The summed E-state index contributed by atoms with van der Waals surface area (Å²) in [5, 5.41) is 8.57. The van der Waals surface area contributed by atoms with Crippen LogP contribution < -0.4 is 9.47 Å². The van der Waals surface area contributed by atoms with Gasteiger partial charge in [0.2, 0.25) is 5.91 Å². The van der Waals surface area contributed by atoms with Crippen molar-refractivity contribution in [3.8, 4) is 11.5 Å². The summed E-state index contributed by atoms with van der Waals surface area (Å²) in [6.07, 6.45) is 3.61. The van der Waals surface area contributed by atoms with Crippen LogP contribution in [-0.2, 0) is 9.59 Å². The molecular weight excluding hydrogens is 286 g/mol. The molecule has 0 unspecified atom stereocenters. The van der Waals surface area contributed by atoms with Crippen molar-refractivity contribution in [3.63, 3.8) is 0 Å². The molecule has 0 aliphatic carbocycles. The number of carbonyl (C=O) groups is 2. The highest BCUT2D eigenvalue weighted by molar-refractivity contribution is 5.91. The van der Waals surface area contributed by atoms with E-state index in [1.54, 1.807) is 39.5 Å². The molecule has 0 bridgehead atoms. The average Bonchev–Trinajstić information content (AvgIpc) is 2.51. The SMILES string of the molecule is COc1ccc(C=CC(=O)N(C)CCCC(=O)O)cc1OC. The van der Waals surface area contributed by atoms with Crippen LogP contribution in [0.1, 0.15) is 18.4 Å². The number of hydrogen-bond acceptors (Lipinski definition) is 4. The number of amides is 1. The summed E-state index contributed by atoms with van der Waals surface area (Å²) in [6.45, 7) is 0.404. The first-order chi connectivity index (χ1) is 10.5. The molecular formula is C16H21NO5. The fourth-order valence-electron chi connectivity index (χ4n) is 1.83. The quantitative estimate of drug-likeness (QED) is 0.744. The topological polar surface area (TPSA) is 76.1 Å². The molecule has 1 N–H and O–H groups in total. The largest absolute Gasteiger partial charge is 0.493 e. The number of nitrogens with zero attached hydrogens (tertiary/aromatic N) is 1. The van der Waals surface area contributed by atoms with Gasteiger partial charge in [-0.3, -0.25) is 9.59 Å². The van der Waals surface area contributed by atoms with Crippen LogP contribution in [0, 0.1) is 0 Å². The van der Waals surface area contributed by atoms with E-state index in [-0.39, 0.29) is 12.3 Å². The summed E-state index contributed by atoms with van der Waals surface area (Å²) in [7, 11) is 4.75. The predicted octanol–water partition coefficient (Wildman–Crippen LogP) is 2.04. The number of carbonyl (C=O) groups excluding carboxylic acids is 1. The first kappa shape index (κ1) is 17.6. The van der Waals surface area contributed by atoms with Crippen molar-refractivity contribution >= 4 is 18.0 Å². The lowest BCUT2D eigenvalue weighted by molar-refractivity contribution is -0.137. The van der Waals surface area contributed by atoms with Gasteiger partial charge in [0.15, 0.2) is 11.5 Å². The van der Waals surface area contributed by atoms with E-state index in [0.29, 0.717) is 24.5 Å². The Balaban J connectivity index is 2.63. The van der Waals surface area contributed by atoms with Crippen molar-refractivity contribution in [1.29, 1.82) is 0 Å². The molecule has 0 aliphatic heterocycles. The van der Waals surface area contributed by atoms with E-state index < -0.39 is 5.97 Å². The van der Waals surface area contributed by atoms with Gasteiger partial charge < -0.3 is 19.5 Å². The molecule has 0 fully saturated rings. The second kappa shape index (κ2) is 8.71. The van der Waals surface area contributed by atoms with Crippen molar-refractivity contribution < 1.29 is 24.2 Å². The van der Waals surface area contributed by atoms with Crippen LogP contribution in [-0.4, -0.2) is 49.7 Å². The first-order valence-electron chi connectivity index (χ1n) is 6.85. The van der Waals surface area contributed by atoms with Crippen LogP contribution in [0.25, 0.3) is 6.08 Å². The van der Waals surface area contributed by atoms with Gasteiger partial charge >= 0.3 is 5.97 Å². The minimum absolute atomic E-state index is 0.0526. The number of hydrogen-bond donors (Lipinski definition) is 1. The first-order valence-corrected chi connectivity index (χ1v) is 6.85. The molecule has 0 heterocycles. The smallest absolute Gasteiger partial charge is 0.303 e. The monoisotopic (exact) mass is 307 g/mol. The van der Waals surface area contributed by atoms with Gasteiger partial charge in [0.25, 0.3) is 0 Å². The molecule has 1 rings (SSSR count). The molecule has 22 heavy (non-hydrogen) atoms. The lowest BCUT2D eigenvalue weighted by Crippen LogP contribution is -2.26. The summed E-state index contributed by atoms with van der Waals surface area (Å²) in [6, 6.07) is 5.35. The zero-order valence-corrected chi connectivity index (χ0v) is 13.0. The molecule has 1 aromatic carbocycles. The van der Waals surface area contributed by atoms with Crippen molar-refractivity contribution in [2.45, 2.75) is 12.8 Å². The standard InChI is InChI=1S/C16H21NO5/c1-17(10-4-5-16(19)20)15(18)9-7-12-6-8-13(21-2)14(11-12)22-3/h6-9,11H,4-5,10H2,1-3H3,(H,19,20). The third-order valence-electron chi connectivity index (χ3n) is 3.09. The molecule has 0 saturated heterocycles. The van der Waals surface area contributed by atoms with Crippen molar-refractivity contribution in [1.82, 2.24) is 4.90 Å². The van der Waals surface area contributed by atoms with Gasteiger partial charge in [-0.2, -0.15) is 0 Å². The summed E-state index contributed by atoms with van der Waals surface area (Å²) in [4.78, 5) is 23.8. The third kappa shape index (κ3) is 5.47. The Labute approximate surface area is 129 Å². The van der Waals surface area contributed by atoms with Crippen molar-refractivity contribution in [2.75, 3.05) is 27.8 Å². The second-order valence-corrected chi connectivity index (χ2v) is 4.70. The van der Waals surface area contributed by atoms with Gasteiger partial charge in [-0.15, -0.1) is 0 Å². The van der Waals surface area contributed by atoms with Gasteiger partial charge in [0, 0.05) is 26.1 Å². The van der Waals surface area contributed by atoms with Gasteiger partial charge in [-0.25, -0.2) is 0 Å². The molecule has 0 spiro atoms. The lowest BCUT2D eigenvalue weighted by Gasteiger charge is -2.14. The molecule has 6 heteroatoms. The zero-order chi connectivity index (χ0) is 16.5. The van der Waals surface area contributed by atoms with E-state index in [1.807, 2.05) is 6.07 Å². The highest BCUT2D eigenvalue weighted by Crippen LogP contribution is 2.27. The molecule has 1 amide bonds. The van der Waals surface area contributed by atoms with Crippen molar-refractivity contribution in [3.05, 3.63) is 29.8 Å². The Morgan fingerprint density at radius 2 is 1.91 bits per heavy atom. The number of benzene rings is 1. The van der Waals surface area contributed by atoms with E-state index >= 15 is 0 Å². The number of carboxylic acid groups (broad SMARTS) is 1. The fraction of sp³-hybridized carbons (Fsp3) is 0.375. The highest BCUT2D eigenvalue weighted by Gasteiger charge is 2.07. The number of methoxy groups -OCH3 is 2. The van der Waals surface area contributed by atoms with E-state index in [4.69, 9.17) is 14.6 Å². The maximum atomic E-state index is 11.9. The number of aliphatic carboxylic acids is 1. The maximum Gasteiger partial charge on any atom is 0.303 e. The van der Waals surface area contributed by atoms with E-state index in [9.17, 15) is 9.59 Å². The van der Waals surface area contributed by atoms with Crippen LogP contribution in [0.3, 0.4) is 0 Å². The van der Waals surface area contributed by atoms with Crippen LogP contribution in [0.15, 0.2) is 24.3 Å². The maximum absolute atomic E-state index is 11.9. The van der Waals surface area contributed by atoms with E-state index in [1.165, 1.54) is 11.0 Å². The summed E-state index contributed by atoms with van der Waals surface area (Å²) in [5.74, 6) is 0.172. The minimum Gasteiger partial charge on any atom is -0.493 e. The minimum atomic E-state index is -0.860. The Kier molecular flexibility index (Phi) is 6.95. The van der Waals surface area contributed by atoms with Gasteiger partial charge in [-0.05, 0) is 30.2 Å². The molecule has 120 valence electrons. The van der Waals surface area contributed by atoms with Gasteiger partial charge in [0.05, 0.1) is 14.2 Å². The van der Waals surface area contributed by atoms with E-state index in [0.717, 1.165) is 5.56 Å². The Morgan fingerprint density at radius 1 is 1.23 bits per heavy atom. The molecule has 1 aromatic rings. The number of ether oxygens (including phenoxy) is 2. The zero-order valence-electron chi connectivity index (χ0n) is 13.0. The third-order valence-corrected chi connectivity index (χ3v) is 3.09. The predicted molar refractivity (Wildman–Crippen MR) is 83.1 cm³/mol. The summed E-state index contributed by atoms with van der Waals surface area (Å²) in [5.41, 5.74) is 0.810. The number of likely N-dealkylation sites (N-methyl/N-ethyl adjacent to an activating group) is 1. The molecule has 0 atom stereocenters. The molecule has 6 nitrogen and oxygen atoms in total. The summed E-state index contributed by atoms with van der Waals surface area (Å²) >= 11 is 0. The van der Waals surface area contributed by atoms with Crippen molar-refractivity contribution in [2.24, 2.45) is 0 Å².